The van der Waals surface area contributed by atoms with Crippen LogP contribution in [0.15, 0.2) is 38.0 Å². The maximum atomic E-state index is 9.47. The smallest absolute Gasteiger partial charge is 0.327 e. The number of carboxylic acids is 1. The Kier molecular flexibility index (Phi) is 17.4. The highest BCUT2D eigenvalue weighted by Gasteiger charge is 1.73. The van der Waals surface area contributed by atoms with Crippen molar-refractivity contribution in [3.63, 3.8) is 0 Å². The summed E-state index contributed by atoms with van der Waals surface area (Å²) in [5.74, 6) is -1.94. The van der Waals surface area contributed by atoms with Gasteiger partial charge in [-0.3, -0.25) is 9.59 Å². The Morgan fingerprint density at radius 3 is 1.00 bits per heavy atom. The summed E-state index contributed by atoms with van der Waals surface area (Å²) in [4.78, 5) is 28.2. The number of aliphatic carboxylic acids is 1. The van der Waals surface area contributed by atoms with Crippen LogP contribution in [0.5, 0.6) is 0 Å². The molecule has 6 heteroatoms. The third-order valence-electron chi connectivity index (χ3n) is 0.577. The fraction of sp³-hybridized carbons (Fsp3) is 0. The van der Waals surface area contributed by atoms with Crippen molar-refractivity contribution in [2.24, 2.45) is 11.5 Å². The number of primary amides is 2. The van der Waals surface area contributed by atoms with Gasteiger partial charge in [-0.2, -0.15) is 0 Å². The lowest BCUT2D eigenvalue weighted by Crippen LogP contribution is -2.04. The van der Waals surface area contributed by atoms with Crippen LogP contribution in [0.25, 0.3) is 0 Å². The Morgan fingerprint density at radius 1 is 0.867 bits per heavy atom. The van der Waals surface area contributed by atoms with E-state index in [4.69, 9.17) is 5.11 Å². The molecule has 6 nitrogen and oxygen atoms in total. The predicted molar refractivity (Wildman–Crippen MR) is 56.6 cm³/mol. The zero-order chi connectivity index (χ0) is 12.9. The van der Waals surface area contributed by atoms with Crippen LogP contribution in [0.2, 0.25) is 0 Å². The molecule has 15 heavy (non-hydrogen) atoms. The van der Waals surface area contributed by atoms with Crippen molar-refractivity contribution in [3.8, 4) is 0 Å². The number of rotatable bonds is 3. The first-order chi connectivity index (χ1) is 6.81. The molecule has 0 heterocycles. The summed E-state index contributed by atoms with van der Waals surface area (Å²) in [7, 11) is 0. The first kappa shape index (κ1) is 18.4. The van der Waals surface area contributed by atoms with E-state index in [0.29, 0.717) is 0 Å². The summed E-state index contributed by atoms with van der Waals surface area (Å²) in [5.41, 5.74) is 9.07. The largest absolute Gasteiger partial charge is 0.478 e. The molecular weight excluding hydrogens is 200 g/mol. The van der Waals surface area contributed by atoms with E-state index < -0.39 is 17.8 Å². The molecule has 5 N–H and O–H groups in total. The van der Waals surface area contributed by atoms with Crippen molar-refractivity contribution in [3.05, 3.63) is 38.0 Å². The van der Waals surface area contributed by atoms with E-state index in [1.165, 1.54) is 0 Å². The summed E-state index contributed by atoms with van der Waals surface area (Å²) in [6.07, 6.45) is 2.94. The maximum Gasteiger partial charge on any atom is 0.327 e. The molecule has 0 atom stereocenters. The number of carbonyl (C=O) groups is 3. The third-order valence-corrected chi connectivity index (χ3v) is 0.577. The first-order valence-electron chi connectivity index (χ1n) is 3.50. The molecule has 0 aliphatic carbocycles. The average molecular weight is 214 g/mol. The quantitative estimate of drug-likeness (QED) is 0.551. The number of hydrogen-bond donors (Lipinski definition) is 3. The molecule has 2 amide bonds. The van der Waals surface area contributed by atoms with E-state index in [1.807, 2.05) is 0 Å². The zero-order valence-corrected chi connectivity index (χ0v) is 8.18. The molecule has 0 aliphatic heterocycles. The van der Waals surface area contributed by atoms with Gasteiger partial charge in [-0.15, -0.1) is 0 Å². The molecule has 0 aromatic carbocycles. The lowest BCUT2D eigenvalue weighted by atomic mass is 10.6. The van der Waals surface area contributed by atoms with Crippen molar-refractivity contribution in [1.82, 2.24) is 0 Å². The SMILES string of the molecule is C=CC(=O)O.C=CC(N)=O.C=CC(N)=O. The van der Waals surface area contributed by atoms with Crippen LogP contribution in [0.1, 0.15) is 0 Å². The molecule has 0 fully saturated rings. The van der Waals surface area contributed by atoms with E-state index >= 15 is 0 Å². The maximum absolute atomic E-state index is 9.47. The van der Waals surface area contributed by atoms with Crippen LogP contribution < -0.4 is 11.5 Å². The second kappa shape index (κ2) is 14.2. The molecule has 0 unspecified atom stereocenters. The van der Waals surface area contributed by atoms with E-state index in [2.05, 4.69) is 31.2 Å². The summed E-state index contributed by atoms with van der Waals surface area (Å²) >= 11 is 0. The van der Waals surface area contributed by atoms with Gasteiger partial charge in [0.25, 0.3) is 0 Å². The predicted octanol–water partition coefficient (Wildman–Crippen LogP) is -0.428. The van der Waals surface area contributed by atoms with E-state index in [9.17, 15) is 14.4 Å². The van der Waals surface area contributed by atoms with Crippen molar-refractivity contribution >= 4 is 17.8 Å². The molecule has 0 aromatic heterocycles. The lowest BCUT2D eigenvalue weighted by Gasteiger charge is -1.65. The monoisotopic (exact) mass is 214 g/mol. The van der Waals surface area contributed by atoms with Gasteiger partial charge in [0.05, 0.1) is 0 Å². The minimum Gasteiger partial charge on any atom is -0.478 e. The molecule has 0 bridgehead atoms. The average Bonchev–Trinajstić information content (AvgIpc) is 2.19. The second-order valence-electron chi connectivity index (χ2n) is 1.76. The topological polar surface area (TPSA) is 123 Å². The summed E-state index contributed by atoms with van der Waals surface area (Å²) in [5, 5.41) is 7.60. The molecule has 84 valence electrons. The summed E-state index contributed by atoms with van der Waals surface area (Å²) in [6.45, 7) is 9.13. The van der Waals surface area contributed by atoms with Gasteiger partial charge in [0.2, 0.25) is 11.8 Å². The van der Waals surface area contributed by atoms with Crippen molar-refractivity contribution in [2.75, 3.05) is 0 Å². The number of hydrogen-bond acceptors (Lipinski definition) is 3. The Bertz CT molecular complexity index is 216. The molecule has 0 aliphatic rings. The molecule has 0 saturated carbocycles. The van der Waals surface area contributed by atoms with Gasteiger partial charge in [0, 0.05) is 6.08 Å². The number of nitrogens with two attached hydrogens (primary N) is 2. The van der Waals surface area contributed by atoms with Gasteiger partial charge in [-0.1, -0.05) is 19.7 Å². The molecular formula is C9H14N2O4. The number of carboxylic acid groups (broad SMARTS) is 1. The minimum atomic E-state index is -0.981. The van der Waals surface area contributed by atoms with Gasteiger partial charge in [-0.25, -0.2) is 4.79 Å². The van der Waals surface area contributed by atoms with Gasteiger partial charge < -0.3 is 16.6 Å². The van der Waals surface area contributed by atoms with Gasteiger partial charge in [-0.05, 0) is 12.2 Å². The van der Waals surface area contributed by atoms with Gasteiger partial charge in [0.1, 0.15) is 0 Å². The van der Waals surface area contributed by atoms with Crippen LogP contribution in [0, 0.1) is 0 Å². The van der Waals surface area contributed by atoms with Crippen LogP contribution in [-0.4, -0.2) is 22.9 Å². The van der Waals surface area contributed by atoms with E-state index in [0.717, 1.165) is 18.2 Å². The highest BCUT2D eigenvalue weighted by molar-refractivity contribution is 5.85. The van der Waals surface area contributed by atoms with Crippen LogP contribution in [-0.2, 0) is 14.4 Å². The highest BCUT2D eigenvalue weighted by atomic mass is 16.4. The summed E-state index contributed by atoms with van der Waals surface area (Å²) < 4.78 is 0. The Balaban J connectivity index is -0.000000144. The number of carbonyl (C=O) groups excluding carboxylic acids is 2. The van der Waals surface area contributed by atoms with E-state index in [1.54, 1.807) is 0 Å². The lowest BCUT2D eigenvalue weighted by molar-refractivity contribution is -0.131. The molecule has 0 radical (unpaired) electrons. The van der Waals surface area contributed by atoms with Crippen LogP contribution in [0.3, 0.4) is 0 Å². The highest BCUT2D eigenvalue weighted by Crippen LogP contribution is 1.54. The molecule has 0 rings (SSSR count). The Labute approximate surface area is 87.6 Å². The second-order valence-corrected chi connectivity index (χ2v) is 1.76. The normalized spacial score (nSPS) is 6.40. The first-order valence-corrected chi connectivity index (χ1v) is 3.50. The van der Waals surface area contributed by atoms with E-state index in [-0.39, 0.29) is 0 Å². The van der Waals surface area contributed by atoms with Gasteiger partial charge in [0.15, 0.2) is 0 Å². The fourth-order valence-electron chi connectivity index (χ4n) is 0. The third kappa shape index (κ3) is 81.9. The zero-order valence-electron chi connectivity index (χ0n) is 8.18. The van der Waals surface area contributed by atoms with Crippen LogP contribution in [0.4, 0.5) is 0 Å². The Hall–Kier alpha value is -2.37. The molecule has 0 spiro atoms. The standard InChI is InChI=1S/2C3H5NO.C3H4O2/c3*1-2-3(4)5/h2*2H,1H2,(H2,4,5);2H,1H2,(H,4,5). The van der Waals surface area contributed by atoms with Crippen molar-refractivity contribution < 1.29 is 19.5 Å². The Morgan fingerprint density at radius 2 is 1.00 bits per heavy atom. The molecule has 0 aromatic rings. The van der Waals surface area contributed by atoms with Crippen molar-refractivity contribution in [1.29, 1.82) is 0 Å². The minimum absolute atomic E-state index is 0.481. The van der Waals surface area contributed by atoms with Gasteiger partial charge >= 0.3 is 5.97 Å². The van der Waals surface area contributed by atoms with Crippen molar-refractivity contribution in [2.45, 2.75) is 0 Å². The number of amides is 2. The molecule has 0 saturated heterocycles. The fourth-order valence-corrected chi connectivity index (χ4v) is 0. The summed E-state index contributed by atoms with van der Waals surface area (Å²) in [6, 6.07) is 0. The van der Waals surface area contributed by atoms with Crippen LogP contribution >= 0.6 is 0 Å².